The summed E-state index contributed by atoms with van der Waals surface area (Å²) in [5, 5.41) is 4.96. The molecule has 18 rings (SSSR count). The highest BCUT2D eigenvalue weighted by Gasteiger charge is 2.46. The van der Waals surface area contributed by atoms with Crippen LogP contribution in [0.4, 0.5) is 0 Å². The first-order valence-electron chi connectivity index (χ1n) is 32.2. The van der Waals surface area contributed by atoms with E-state index in [9.17, 15) is 0 Å². The van der Waals surface area contributed by atoms with Crippen LogP contribution in [0, 0.1) is 0 Å². The summed E-state index contributed by atoms with van der Waals surface area (Å²) in [7, 11) is 0. The predicted molar refractivity (Wildman–Crippen MR) is 390 cm³/mol. The minimum atomic E-state index is -0.538. The number of para-hydroxylation sites is 2. The summed E-state index contributed by atoms with van der Waals surface area (Å²) in [6, 6.07) is 135. The number of fused-ring (bicyclic) bond motifs is 9. The van der Waals surface area contributed by atoms with Crippen molar-refractivity contribution in [3.8, 4) is 100 Å². The SMILES string of the molecule is c1ccc(-c2ccc(-c3cccc(C4(c5cccc(-c6ccc(-c7ccc(-c8ccc(-n9c%10ccccc%10c%10cc(-c%11ccc%12c(c%11)c%11ccccc%11n%12-c%11ccc(-c%12ccccc%12)cc%11)ccc%109)cc8)cc7)cc6)c5)c5ccccc5-c5ccccc54)c3)cc2)cc1. The number of rotatable bonds is 11. The summed E-state index contributed by atoms with van der Waals surface area (Å²) < 4.78 is 4.82. The van der Waals surface area contributed by atoms with Gasteiger partial charge in [0.25, 0.3) is 0 Å². The summed E-state index contributed by atoms with van der Waals surface area (Å²) in [6.07, 6.45) is 0. The predicted octanol–water partition coefficient (Wildman–Crippen LogP) is 23.9. The van der Waals surface area contributed by atoms with Crippen molar-refractivity contribution in [1.82, 2.24) is 9.13 Å². The highest BCUT2D eigenvalue weighted by atomic mass is 15.0. The van der Waals surface area contributed by atoms with Gasteiger partial charge in [-0.2, -0.15) is 0 Å². The van der Waals surface area contributed by atoms with Crippen LogP contribution in [0.15, 0.2) is 364 Å². The Morgan fingerprint density at radius 1 is 0.172 bits per heavy atom. The molecule has 434 valence electrons. The standard InChI is InChI=1S/C91H60N2/c1-3-17-61(18-4-1)63-37-41-69(42-38-63)71-21-15-23-75(57-71)91(85-29-11-7-25-79(85)80-26-8-12-30-86(80)91)76-24-16-22-72(58-76)70-43-39-65(40-44-70)64-33-35-66(36-34-64)68-47-53-78(54-48-68)93-88-32-14-10-28-82(88)84-60-74(50-56-90(84)93)73-49-55-89-83(59-73)81-27-9-13-31-87(81)92(89)77-51-45-67(46-52-77)62-19-5-2-6-20-62/h1-60H. The van der Waals surface area contributed by atoms with Crippen molar-refractivity contribution in [3.05, 3.63) is 386 Å². The molecule has 0 bridgehead atoms. The monoisotopic (exact) mass is 1180 g/mol. The third-order valence-electron chi connectivity index (χ3n) is 19.7. The Balaban J connectivity index is 0.619. The Morgan fingerprint density at radius 2 is 0.441 bits per heavy atom. The lowest BCUT2D eigenvalue weighted by molar-refractivity contribution is 0.769. The summed E-state index contributed by atoms with van der Waals surface area (Å²) in [6.45, 7) is 0. The van der Waals surface area contributed by atoms with E-state index in [0.717, 1.165) is 11.4 Å². The molecule has 0 N–H and O–H groups in total. The molecule has 93 heavy (non-hydrogen) atoms. The van der Waals surface area contributed by atoms with Gasteiger partial charge in [-0.1, -0.05) is 291 Å². The van der Waals surface area contributed by atoms with E-state index < -0.39 is 5.41 Å². The highest BCUT2D eigenvalue weighted by Crippen LogP contribution is 2.57. The molecule has 2 heterocycles. The fourth-order valence-corrected chi connectivity index (χ4v) is 15.2. The molecular formula is C91H60N2. The normalized spacial score (nSPS) is 12.4. The van der Waals surface area contributed by atoms with Gasteiger partial charge in [0.15, 0.2) is 0 Å². The number of nitrogens with zero attached hydrogens (tertiary/aromatic N) is 2. The van der Waals surface area contributed by atoms with Crippen LogP contribution in [-0.4, -0.2) is 9.13 Å². The molecule has 0 aliphatic heterocycles. The van der Waals surface area contributed by atoms with E-state index in [-0.39, 0.29) is 0 Å². The summed E-state index contributed by atoms with van der Waals surface area (Å²) in [4.78, 5) is 0. The van der Waals surface area contributed by atoms with E-state index in [1.165, 1.54) is 155 Å². The van der Waals surface area contributed by atoms with Crippen molar-refractivity contribution in [2.75, 3.05) is 0 Å². The second kappa shape index (κ2) is 22.1. The first-order valence-corrected chi connectivity index (χ1v) is 32.2. The zero-order chi connectivity index (χ0) is 61.4. The molecule has 0 saturated heterocycles. The van der Waals surface area contributed by atoms with Gasteiger partial charge >= 0.3 is 0 Å². The van der Waals surface area contributed by atoms with Gasteiger partial charge < -0.3 is 9.13 Å². The Morgan fingerprint density at radius 3 is 0.828 bits per heavy atom. The molecule has 2 aromatic heterocycles. The van der Waals surface area contributed by atoms with Gasteiger partial charge in [0, 0.05) is 32.9 Å². The van der Waals surface area contributed by atoms with Crippen LogP contribution < -0.4 is 0 Å². The van der Waals surface area contributed by atoms with Crippen LogP contribution in [0.5, 0.6) is 0 Å². The summed E-state index contributed by atoms with van der Waals surface area (Å²) in [5.41, 5.74) is 31.0. The van der Waals surface area contributed by atoms with Gasteiger partial charge in [0.2, 0.25) is 0 Å². The minimum Gasteiger partial charge on any atom is -0.309 e. The zero-order valence-corrected chi connectivity index (χ0v) is 51.0. The quantitative estimate of drug-likeness (QED) is 0.122. The van der Waals surface area contributed by atoms with Gasteiger partial charge in [-0.15, -0.1) is 0 Å². The topological polar surface area (TPSA) is 9.86 Å². The van der Waals surface area contributed by atoms with Gasteiger partial charge in [-0.25, -0.2) is 0 Å². The van der Waals surface area contributed by atoms with Gasteiger partial charge in [0.05, 0.1) is 27.5 Å². The lowest BCUT2D eigenvalue weighted by Crippen LogP contribution is -2.28. The Bertz CT molecular complexity index is 5630. The van der Waals surface area contributed by atoms with Crippen molar-refractivity contribution in [3.63, 3.8) is 0 Å². The van der Waals surface area contributed by atoms with Crippen LogP contribution in [0.3, 0.4) is 0 Å². The van der Waals surface area contributed by atoms with E-state index >= 15 is 0 Å². The van der Waals surface area contributed by atoms with E-state index in [2.05, 4.69) is 373 Å². The third-order valence-corrected chi connectivity index (χ3v) is 19.7. The molecule has 15 aromatic carbocycles. The molecule has 0 fully saturated rings. The Hall–Kier alpha value is -12.1. The number of hydrogen-bond donors (Lipinski definition) is 0. The molecule has 1 aliphatic rings. The average Bonchev–Trinajstić information content (AvgIpc) is 1.55. The molecule has 0 saturated carbocycles. The molecule has 2 heteroatoms. The van der Waals surface area contributed by atoms with Gasteiger partial charge in [-0.3, -0.25) is 0 Å². The molecule has 0 atom stereocenters. The van der Waals surface area contributed by atoms with Crippen LogP contribution >= 0.6 is 0 Å². The molecule has 0 radical (unpaired) electrons. The van der Waals surface area contributed by atoms with Crippen LogP contribution in [0.25, 0.3) is 144 Å². The maximum absolute atomic E-state index is 2.43. The minimum absolute atomic E-state index is 0.538. The molecule has 2 nitrogen and oxygen atoms in total. The van der Waals surface area contributed by atoms with Gasteiger partial charge in [0.1, 0.15) is 0 Å². The average molecular weight is 1180 g/mol. The highest BCUT2D eigenvalue weighted by molar-refractivity contribution is 6.13. The molecule has 0 spiro atoms. The maximum Gasteiger partial charge on any atom is 0.0713 e. The van der Waals surface area contributed by atoms with E-state index in [1.807, 2.05) is 0 Å². The Kier molecular flexibility index (Phi) is 12.8. The summed E-state index contributed by atoms with van der Waals surface area (Å²) in [5.74, 6) is 0. The van der Waals surface area contributed by atoms with Crippen molar-refractivity contribution in [2.45, 2.75) is 5.41 Å². The molecule has 0 amide bonds. The maximum atomic E-state index is 2.43. The van der Waals surface area contributed by atoms with Crippen molar-refractivity contribution >= 4 is 43.6 Å². The zero-order valence-electron chi connectivity index (χ0n) is 51.0. The molecule has 17 aromatic rings. The number of benzene rings is 15. The molecule has 0 unspecified atom stereocenters. The second-order valence-electron chi connectivity index (χ2n) is 24.7. The van der Waals surface area contributed by atoms with Crippen LogP contribution in [-0.2, 0) is 5.41 Å². The van der Waals surface area contributed by atoms with Crippen LogP contribution in [0.2, 0.25) is 0 Å². The largest absolute Gasteiger partial charge is 0.309 e. The first-order chi connectivity index (χ1) is 46.1. The van der Waals surface area contributed by atoms with Gasteiger partial charge in [-0.05, 0) is 184 Å². The smallest absolute Gasteiger partial charge is 0.0713 e. The Labute approximate surface area is 541 Å². The van der Waals surface area contributed by atoms with E-state index in [4.69, 9.17) is 0 Å². The number of hydrogen-bond acceptors (Lipinski definition) is 0. The second-order valence-corrected chi connectivity index (χ2v) is 24.7. The third kappa shape index (κ3) is 9.02. The fraction of sp³-hybridized carbons (Fsp3) is 0.0110. The van der Waals surface area contributed by atoms with Crippen LogP contribution in [0.1, 0.15) is 22.3 Å². The number of aromatic nitrogens is 2. The summed E-state index contributed by atoms with van der Waals surface area (Å²) >= 11 is 0. The first kappa shape index (κ1) is 53.9. The molecular weight excluding hydrogens is 1120 g/mol. The lowest BCUT2D eigenvalue weighted by atomic mass is 9.67. The van der Waals surface area contributed by atoms with Crippen molar-refractivity contribution in [2.24, 2.45) is 0 Å². The van der Waals surface area contributed by atoms with E-state index in [1.54, 1.807) is 0 Å². The van der Waals surface area contributed by atoms with Crippen molar-refractivity contribution < 1.29 is 0 Å². The lowest BCUT2D eigenvalue weighted by Gasteiger charge is -2.34. The molecule has 1 aliphatic carbocycles. The van der Waals surface area contributed by atoms with E-state index in [0.29, 0.717) is 0 Å². The fourth-order valence-electron chi connectivity index (χ4n) is 15.2. The van der Waals surface area contributed by atoms with Crippen molar-refractivity contribution in [1.29, 1.82) is 0 Å².